The molecule has 2 aromatic carbocycles. The van der Waals surface area contributed by atoms with Gasteiger partial charge in [-0.05, 0) is 48.7 Å². The zero-order chi connectivity index (χ0) is 31.6. The Morgan fingerprint density at radius 3 is 2.55 bits per heavy atom. The summed E-state index contributed by atoms with van der Waals surface area (Å²) >= 11 is 6.17. The Balaban J connectivity index is 1.50. The van der Waals surface area contributed by atoms with Gasteiger partial charge in [0.25, 0.3) is 5.56 Å². The second kappa shape index (κ2) is 12.4. The Bertz CT molecular complexity index is 1820. The summed E-state index contributed by atoms with van der Waals surface area (Å²) in [6.07, 6.45) is -0.863. The van der Waals surface area contributed by atoms with Crippen LogP contribution in [0.2, 0.25) is 5.02 Å². The number of benzene rings is 2. The number of carboxylic acid groups (broad SMARTS) is 1. The topological polar surface area (TPSA) is 149 Å². The number of Topliss-reactive ketones (excluding diaryl/α,β-unsaturated/α-hetero) is 1. The molecule has 1 aliphatic heterocycles. The minimum absolute atomic E-state index is 0.0583. The summed E-state index contributed by atoms with van der Waals surface area (Å²) in [5.74, 6) is -1.84. The van der Waals surface area contributed by atoms with Crippen molar-refractivity contribution in [3.63, 3.8) is 0 Å². The fraction of sp³-hybridized carbons (Fsp3) is 0.276. The highest BCUT2D eigenvalue weighted by molar-refractivity contribution is 6.31. The molecule has 1 aliphatic rings. The Hall–Kier alpha value is -4.85. The normalized spacial score (nSPS) is 16.4. The van der Waals surface area contributed by atoms with Gasteiger partial charge in [-0.1, -0.05) is 35.7 Å². The lowest BCUT2D eigenvalue weighted by molar-refractivity contribution is -0.141. The number of alkyl halides is 3. The number of aromatic carboxylic acids is 1. The number of fused-ring (bicyclic) bond motifs is 1. The number of carbonyl (C=O) groups is 3. The van der Waals surface area contributed by atoms with E-state index in [2.05, 4.69) is 20.6 Å². The van der Waals surface area contributed by atoms with Crippen molar-refractivity contribution in [3.8, 4) is 16.9 Å². The van der Waals surface area contributed by atoms with Gasteiger partial charge in [-0.15, -0.1) is 5.10 Å². The molecule has 1 amide bonds. The number of carboxylic acids is 1. The number of halogens is 4. The molecule has 0 saturated heterocycles. The van der Waals surface area contributed by atoms with E-state index in [0.29, 0.717) is 31.0 Å². The van der Waals surface area contributed by atoms with Crippen LogP contribution in [0.5, 0.6) is 0 Å². The summed E-state index contributed by atoms with van der Waals surface area (Å²) in [5.41, 5.74) is -0.809. The molecule has 0 bridgehead atoms. The minimum Gasteiger partial charge on any atom is -0.478 e. The van der Waals surface area contributed by atoms with Gasteiger partial charge in [0.2, 0.25) is 5.91 Å². The zero-order valence-corrected chi connectivity index (χ0v) is 23.6. The number of ketones is 1. The van der Waals surface area contributed by atoms with Crippen molar-refractivity contribution in [3.05, 3.63) is 87.2 Å². The first-order valence-corrected chi connectivity index (χ1v) is 13.9. The fourth-order valence-electron chi connectivity index (χ4n) is 4.97. The number of amides is 1. The van der Waals surface area contributed by atoms with Crippen LogP contribution in [0.15, 0.2) is 59.8 Å². The van der Waals surface area contributed by atoms with Gasteiger partial charge >= 0.3 is 12.1 Å². The van der Waals surface area contributed by atoms with Crippen molar-refractivity contribution in [2.24, 2.45) is 0 Å². The molecule has 2 N–H and O–H groups in total. The van der Waals surface area contributed by atoms with E-state index in [1.165, 1.54) is 47.3 Å². The van der Waals surface area contributed by atoms with Gasteiger partial charge in [0.05, 0.1) is 35.5 Å². The lowest BCUT2D eigenvalue weighted by atomic mass is 9.95. The smallest absolute Gasteiger partial charge is 0.436 e. The highest BCUT2D eigenvalue weighted by atomic mass is 35.5. The van der Waals surface area contributed by atoms with Crippen LogP contribution in [-0.4, -0.2) is 47.3 Å². The van der Waals surface area contributed by atoms with Crippen LogP contribution in [0, 0.1) is 0 Å². The van der Waals surface area contributed by atoms with Gasteiger partial charge in [0.1, 0.15) is 0 Å². The average Bonchev–Trinajstić information content (AvgIpc) is 3.46. The second-order valence-corrected chi connectivity index (χ2v) is 10.6. The molecule has 2 aromatic heterocycles. The van der Waals surface area contributed by atoms with Gasteiger partial charge in [-0.3, -0.25) is 19.0 Å². The van der Waals surface area contributed by atoms with Crippen molar-refractivity contribution in [2.45, 2.75) is 50.7 Å². The summed E-state index contributed by atoms with van der Waals surface area (Å²) in [7, 11) is 0. The quantitative estimate of drug-likeness (QED) is 0.316. The summed E-state index contributed by atoms with van der Waals surface area (Å²) in [6.45, 7) is 0. The third-order valence-corrected chi connectivity index (χ3v) is 7.42. The number of aromatic nitrogens is 5. The second-order valence-electron chi connectivity index (χ2n) is 10.2. The van der Waals surface area contributed by atoms with Gasteiger partial charge < -0.3 is 10.4 Å². The fourth-order valence-corrected chi connectivity index (χ4v) is 5.14. The van der Waals surface area contributed by atoms with E-state index in [4.69, 9.17) is 11.6 Å². The first-order valence-electron chi connectivity index (χ1n) is 13.5. The van der Waals surface area contributed by atoms with Crippen LogP contribution < -0.4 is 10.9 Å². The first-order chi connectivity index (χ1) is 20.9. The van der Waals surface area contributed by atoms with E-state index < -0.39 is 29.4 Å². The van der Waals surface area contributed by atoms with Crippen molar-refractivity contribution in [1.29, 1.82) is 0 Å². The van der Waals surface area contributed by atoms with E-state index in [1.807, 2.05) is 0 Å². The van der Waals surface area contributed by atoms with E-state index >= 15 is 0 Å². The molecule has 0 saturated carbocycles. The third-order valence-electron chi connectivity index (χ3n) is 7.19. The maximum absolute atomic E-state index is 13.6. The largest absolute Gasteiger partial charge is 0.478 e. The van der Waals surface area contributed by atoms with Crippen LogP contribution in [0.3, 0.4) is 0 Å². The lowest BCUT2D eigenvalue weighted by Crippen LogP contribution is -2.31. The van der Waals surface area contributed by atoms with Crippen molar-refractivity contribution < 1.29 is 32.7 Å². The predicted octanol–water partition coefficient (Wildman–Crippen LogP) is 5.12. The van der Waals surface area contributed by atoms with E-state index in [0.717, 1.165) is 10.7 Å². The lowest BCUT2D eigenvalue weighted by Gasteiger charge is -2.21. The van der Waals surface area contributed by atoms with E-state index in [9.17, 15) is 37.5 Å². The van der Waals surface area contributed by atoms with Gasteiger partial charge in [0, 0.05) is 35.2 Å². The third kappa shape index (κ3) is 6.70. The summed E-state index contributed by atoms with van der Waals surface area (Å²) < 4.78 is 41.5. The highest BCUT2D eigenvalue weighted by Crippen LogP contribution is 2.31. The number of nitrogens with one attached hydrogen (secondary N) is 1. The number of hydrogen-bond acceptors (Lipinski definition) is 7. The first kappa shape index (κ1) is 30.6. The molecule has 11 nitrogen and oxygen atoms in total. The monoisotopic (exact) mass is 628 g/mol. The molecule has 0 spiro atoms. The molecule has 228 valence electrons. The molecular weight excluding hydrogens is 605 g/mol. The van der Waals surface area contributed by atoms with Crippen LogP contribution >= 0.6 is 11.6 Å². The predicted molar refractivity (Wildman–Crippen MR) is 152 cm³/mol. The molecule has 1 atom stereocenters. The molecule has 0 radical (unpaired) electrons. The maximum atomic E-state index is 13.6. The number of rotatable bonds is 4. The van der Waals surface area contributed by atoms with Crippen LogP contribution in [0.25, 0.3) is 16.9 Å². The van der Waals surface area contributed by atoms with E-state index in [1.54, 1.807) is 0 Å². The zero-order valence-electron chi connectivity index (χ0n) is 22.8. The molecule has 0 fully saturated rings. The van der Waals surface area contributed by atoms with Crippen LogP contribution in [-0.2, 0) is 22.2 Å². The Morgan fingerprint density at radius 1 is 1.05 bits per heavy atom. The maximum Gasteiger partial charge on any atom is 0.436 e. The highest BCUT2D eigenvalue weighted by Gasteiger charge is 2.35. The molecule has 4 aromatic rings. The van der Waals surface area contributed by atoms with Crippen molar-refractivity contribution in [2.75, 3.05) is 5.32 Å². The number of carbonyl (C=O) groups excluding carboxylic acids is 2. The van der Waals surface area contributed by atoms with Gasteiger partial charge in [0.15, 0.2) is 11.5 Å². The number of hydrogen-bond donors (Lipinski definition) is 2. The summed E-state index contributed by atoms with van der Waals surface area (Å²) in [4.78, 5) is 55.3. The molecule has 0 unspecified atom stereocenters. The Labute approximate surface area is 252 Å². The van der Waals surface area contributed by atoms with Crippen LogP contribution in [0.4, 0.5) is 18.9 Å². The van der Waals surface area contributed by atoms with Crippen molar-refractivity contribution in [1.82, 2.24) is 24.5 Å². The standard InChI is InChI=1S/C29H24ClF3N6O5/c30-18-8-9-22(39-14-25(36-37-39)29(31,32)33)19(12-18)21-13-27(42)38(15-34-21)23-4-2-1-3-5-26(41)35-20-10-17(28(43)44)7-6-16(20)11-24(23)40/h6-10,12-15,23H,1-5,11H2,(H,35,41)(H,43,44)/t23-/m0/s1. The Kier molecular flexibility index (Phi) is 8.63. The van der Waals surface area contributed by atoms with Crippen molar-refractivity contribution >= 4 is 34.9 Å². The van der Waals surface area contributed by atoms with Gasteiger partial charge in [-0.25, -0.2) is 14.5 Å². The SMILES string of the molecule is O=C1CCCCC[C@H](n2cnc(-c3cc(Cl)ccc3-n3cc(C(F)(F)F)nn3)cc2=O)C(=O)Cc2ccc(C(=O)O)cc2N1. The average molecular weight is 629 g/mol. The van der Waals surface area contributed by atoms with Crippen LogP contribution in [0.1, 0.15) is 59.8 Å². The molecule has 15 heteroatoms. The molecule has 0 aliphatic carbocycles. The Morgan fingerprint density at radius 2 is 1.84 bits per heavy atom. The number of anilines is 1. The number of nitrogens with zero attached hydrogens (tertiary/aromatic N) is 5. The molecule has 5 rings (SSSR count). The van der Waals surface area contributed by atoms with E-state index in [-0.39, 0.29) is 64.2 Å². The van der Waals surface area contributed by atoms with Gasteiger partial charge in [-0.2, -0.15) is 13.2 Å². The summed E-state index contributed by atoms with van der Waals surface area (Å²) in [6, 6.07) is 8.61. The summed E-state index contributed by atoms with van der Waals surface area (Å²) in [5, 5.41) is 19.1. The molecule has 44 heavy (non-hydrogen) atoms. The minimum atomic E-state index is -4.71. The molecular formula is C29H24ClF3N6O5. The molecule has 3 heterocycles.